The van der Waals surface area contributed by atoms with Crippen LogP contribution in [0.4, 0.5) is 5.69 Å². The van der Waals surface area contributed by atoms with Crippen LogP contribution in [-0.2, 0) is 19.0 Å². The molecule has 1 heterocycles. The zero-order valence-corrected chi connectivity index (χ0v) is 27.8. The smallest absolute Gasteiger partial charge is 0.323 e. The summed E-state index contributed by atoms with van der Waals surface area (Å²) in [6, 6.07) is 17.9. The Morgan fingerprint density at radius 2 is 1.69 bits per heavy atom. The molecule has 9 nitrogen and oxygen atoms in total. The van der Waals surface area contributed by atoms with Crippen LogP contribution >= 0.6 is 0 Å². The molecule has 2 aliphatic carbocycles. The van der Waals surface area contributed by atoms with E-state index >= 15 is 0 Å². The fourth-order valence-electron chi connectivity index (χ4n) is 6.11. The summed E-state index contributed by atoms with van der Waals surface area (Å²) in [6.45, 7) is 4.64. The molecular weight excluding hydrogens is 606 g/mol. The summed E-state index contributed by atoms with van der Waals surface area (Å²) < 4.78 is 23.5. The molecule has 2 aromatic carbocycles. The maximum atomic E-state index is 13.1. The largest absolute Gasteiger partial charge is 0.497 e. The summed E-state index contributed by atoms with van der Waals surface area (Å²) in [5.41, 5.74) is 1.23. The molecule has 2 saturated carbocycles. The van der Waals surface area contributed by atoms with Gasteiger partial charge in [0, 0.05) is 35.3 Å². The number of nitrogens with one attached hydrogen (secondary N) is 2. The van der Waals surface area contributed by atoms with Gasteiger partial charge in [0.2, 0.25) is 0 Å². The summed E-state index contributed by atoms with van der Waals surface area (Å²) in [5.74, 6) is 1.24. The van der Waals surface area contributed by atoms with E-state index in [-0.39, 0.29) is 24.0 Å². The van der Waals surface area contributed by atoms with Crippen molar-refractivity contribution in [2.75, 3.05) is 25.6 Å². The fourth-order valence-corrected chi connectivity index (χ4v) is 6.11. The Morgan fingerprint density at radius 3 is 2.42 bits per heavy atom. The molecule has 0 bridgehead atoms. The van der Waals surface area contributed by atoms with Gasteiger partial charge in [0.15, 0.2) is 0 Å². The quantitative estimate of drug-likeness (QED) is 0.116. The number of aromatic nitrogens is 1. The maximum absolute atomic E-state index is 13.1. The lowest BCUT2D eigenvalue weighted by Gasteiger charge is -2.28. The van der Waals surface area contributed by atoms with E-state index in [9.17, 15) is 9.59 Å². The van der Waals surface area contributed by atoms with E-state index in [0.29, 0.717) is 64.8 Å². The van der Waals surface area contributed by atoms with Gasteiger partial charge in [0.1, 0.15) is 29.4 Å². The molecule has 1 aromatic heterocycles. The van der Waals surface area contributed by atoms with E-state index in [2.05, 4.69) is 22.2 Å². The van der Waals surface area contributed by atoms with Crippen LogP contribution in [0.3, 0.4) is 0 Å². The van der Waals surface area contributed by atoms with Gasteiger partial charge in [-0.15, -0.1) is 0 Å². The Morgan fingerprint density at radius 1 is 0.958 bits per heavy atom. The number of carbonyl (C=O) groups is 2. The lowest BCUT2D eigenvalue weighted by Crippen LogP contribution is -2.46. The maximum Gasteiger partial charge on any atom is 0.323 e. The van der Waals surface area contributed by atoms with E-state index in [1.165, 1.54) is 19.3 Å². The lowest BCUT2D eigenvalue weighted by atomic mass is 9.94. The number of hydrogen-bond acceptors (Lipinski definition) is 8. The second kappa shape index (κ2) is 18.2. The topological polar surface area (TPSA) is 108 Å². The van der Waals surface area contributed by atoms with E-state index in [0.717, 1.165) is 38.5 Å². The third-order valence-corrected chi connectivity index (χ3v) is 8.78. The van der Waals surface area contributed by atoms with Crippen molar-refractivity contribution in [1.82, 2.24) is 10.3 Å². The second-order valence-electron chi connectivity index (χ2n) is 12.3. The SMILES string of the molecule is C=C(/C=c1/c(Oc2ccc(NC(=O)c3ccccc3)cc2)ccn/c1=C/COCCC(NC1CCCCC1)C(=O)OC1CCCC1)OC. The van der Waals surface area contributed by atoms with Crippen LogP contribution in [0.1, 0.15) is 74.6 Å². The van der Waals surface area contributed by atoms with Crippen molar-refractivity contribution < 1.29 is 28.5 Å². The Balaban J connectivity index is 1.22. The standard InChI is InChI=1S/C39H47N3O6/c1-28(45-2)27-34-35(22-25-46-26-23-36(41-30-13-7-4-8-14-30)39(44)48-32-15-9-10-16-32)40-24-21-37(34)47-33-19-17-31(18-20-33)42-38(43)29-11-5-3-6-12-29/h3,5-6,11-12,17-22,24,27,30,32,36,41H,1,4,7-10,13-16,23,25-26H2,2H3,(H,42,43)/b34-27+,35-22+. The van der Waals surface area contributed by atoms with Crippen LogP contribution in [0, 0.1) is 0 Å². The third-order valence-electron chi connectivity index (χ3n) is 8.78. The monoisotopic (exact) mass is 653 g/mol. The van der Waals surface area contributed by atoms with Gasteiger partial charge in [-0.3, -0.25) is 14.6 Å². The van der Waals surface area contributed by atoms with Crippen LogP contribution in [0.5, 0.6) is 11.5 Å². The van der Waals surface area contributed by atoms with Crippen molar-refractivity contribution in [3.63, 3.8) is 0 Å². The molecule has 0 saturated heterocycles. The molecule has 2 aliphatic rings. The molecule has 1 unspecified atom stereocenters. The van der Waals surface area contributed by atoms with Crippen molar-refractivity contribution >= 4 is 29.7 Å². The molecule has 2 fully saturated rings. The molecule has 2 N–H and O–H groups in total. The number of esters is 1. The van der Waals surface area contributed by atoms with Gasteiger partial charge in [-0.05, 0) is 99.6 Å². The predicted octanol–water partition coefficient (Wildman–Crippen LogP) is 6.03. The highest BCUT2D eigenvalue weighted by atomic mass is 16.5. The molecule has 0 radical (unpaired) electrons. The van der Waals surface area contributed by atoms with E-state index < -0.39 is 0 Å². The van der Waals surface area contributed by atoms with E-state index in [1.807, 2.05) is 24.3 Å². The van der Waals surface area contributed by atoms with Crippen LogP contribution in [0.15, 0.2) is 79.2 Å². The zero-order chi connectivity index (χ0) is 33.6. The number of anilines is 1. The van der Waals surface area contributed by atoms with Crippen molar-refractivity contribution in [3.05, 3.63) is 95.3 Å². The number of ether oxygens (including phenoxy) is 4. The normalized spacial score (nSPS) is 16.8. The first-order valence-corrected chi connectivity index (χ1v) is 17.1. The lowest BCUT2D eigenvalue weighted by molar-refractivity contribution is -0.152. The molecule has 1 atom stereocenters. The molecule has 3 aromatic rings. The summed E-state index contributed by atoms with van der Waals surface area (Å²) in [7, 11) is 1.56. The summed E-state index contributed by atoms with van der Waals surface area (Å²) in [6.07, 6.45) is 15.9. The van der Waals surface area contributed by atoms with Gasteiger partial charge in [-0.1, -0.05) is 44.0 Å². The molecular formula is C39H47N3O6. The number of allylic oxidation sites excluding steroid dienone is 1. The summed E-state index contributed by atoms with van der Waals surface area (Å²) in [5, 5.41) is 7.82. The number of carbonyl (C=O) groups excluding carboxylic acids is 2. The Kier molecular flexibility index (Phi) is 13.2. The number of nitrogens with zero attached hydrogens (tertiary/aromatic N) is 1. The summed E-state index contributed by atoms with van der Waals surface area (Å²) >= 11 is 0. The number of benzene rings is 2. The summed E-state index contributed by atoms with van der Waals surface area (Å²) in [4.78, 5) is 30.2. The minimum Gasteiger partial charge on any atom is -0.497 e. The number of amides is 1. The average molecular weight is 654 g/mol. The van der Waals surface area contributed by atoms with Gasteiger partial charge >= 0.3 is 5.97 Å². The molecule has 0 aliphatic heterocycles. The number of methoxy groups -OCH3 is 1. The highest BCUT2D eigenvalue weighted by molar-refractivity contribution is 6.04. The van der Waals surface area contributed by atoms with Crippen LogP contribution < -0.4 is 25.9 Å². The van der Waals surface area contributed by atoms with Crippen molar-refractivity contribution in [3.8, 4) is 11.5 Å². The van der Waals surface area contributed by atoms with Crippen molar-refractivity contribution in [2.24, 2.45) is 0 Å². The number of hydrogen-bond donors (Lipinski definition) is 2. The molecule has 5 rings (SSSR count). The van der Waals surface area contributed by atoms with Crippen LogP contribution in [-0.4, -0.2) is 55.4 Å². The van der Waals surface area contributed by atoms with E-state index in [1.54, 1.807) is 61.8 Å². The molecule has 9 heteroatoms. The number of rotatable bonds is 15. The third kappa shape index (κ3) is 10.5. The van der Waals surface area contributed by atoms with Crippen LogP contribution in [0.25, 0.3) is 12.2 Å². The zero-order valence-electron chi connectivity index (χ0n) is 27.8. The minimum atomic E-state index is -0.379. The van der Waals surface area contributed by atoms with Gasteiger partial charge in [0.25, 0.3) is 5.91 Å². The first kappa shape index (κ1) is 34.9. The van der Waals surface area contributed by atoms with Gasteiger partial charge < -0.3 is 29.6 Å². The minimum absolute atomic E-state index is 0.0398. The molecule has 0 spiro atoms. The molecule has 48 heavy (non-hydrogen) atoms. The van der Waals surface area contributed by atoms with Crippen molar-refractivity contribution in [2.45, 2.75) is 82.4 Å². The first-order valence-electron chi connectivity index (χ1n) is 17.1. The molecule has 1 amide bonds. The van der Waals surface area contributed by atoms with Crippen LogP contribution in [0.2, 0.25) is 0 Å². The molecule has 254 valence electrons. The predicted molar refractivity (Wildman–Crippen MR) is 187 cm³/mol. The Labute approximate surface area is 283 Å². The Bertz CT molecular complexity index is 1610. The first-order chi connectivity index (χ1) is 23.5. The van der Waals surface area contributed by atoms with Gasteiger partial charge in [0.05, 0.1) is 19.1 Å². The van der Waals surface area contributed by atoms with E-state index in [4.69, 9.17) is 18.9 Å². The van der Waals surface area contributed by atoms with Gasteiger partial charge in [-0.25, -0.2) is 0 Å². The number of pyridine rings is 1. The Hall–Kier alpha value is -4.47. The second-order valence-corrected chi connectivity index (χ2v) is 12.3. The highest BCUT2D eigenvalue weighted by Gasteiger charge is 2.28. The fraction of sp³-hybridized carbons (Fsp3) is 0.410. The average Bonchev–Trinajstić information content (AvgIpc) is 3.63. The van der Waals surface area contributed by atoms with Crippen molar-refractivity contribution in [1.29, 1.82) is 0 Å². The highest BCUT2D eigenvalue weighted by Crippen LogP contribution is 2.23. The van der Waals surface area contributed by atoms with Gasteiger partial charge in [-0.2, -0.15) is 0 Å².